The topological polar surface area (TPSA) is 21.3 Å². The Morgan fingerprint density at radius 2 is 2.06 bits per heavy atom. The summed E-state index contributed by atoms with van der Waals surface area (Å²) in [4.78, 5) is 0. The molecule has 0 spiro atoms. The van der Waals surface area contributed by atoms with Crippen molar-refractivity contribution in [3.05, 3.63) is 0 Å². The zero-order chi connectivity index (χ0) is 12.7. The third kappa shape index (κ3) is 4.97. The molecule has 0 aromatic heterocycles. The van der Waals surface area contributed by atoms with Gasteiger partial charge in [0.25, 0.3) is 0 Å². The summed E-state index contributed by atoms with van der Waals surface area (Å²) in [5.74, 6) is 0.852. The minimum atomic E-state index is 0.398. The molecule has 1 saturated carbocycles. The highest BCUT2D eigenvalue weighted by atomic mass is 16.5. The smallest absolute Gasteiger partial charge is 0.0729 e. The summed E-state index contributed by atoms with van der Waals surface area (Å²) in [6.45, 7) is 6.86. The molecule has 4 unspecified atom stereocenters. The largest absolute Gasteiger partial charge is 0.373 e. The van der Waals surface area contributed by atoms with Gasteiger partial charge in [-0.05, 0) is 38.6 Å². The maximum absolute atomic E-state index is 6.35. The Bertz CT molecular complexity index is 195. The molecule has 2 nitrogen and oxygen atoms in total. The molecule has 1 fully saturated rings. The number of likely N-dealkylation sites (N-methyl/N-ethyl adjacent to an activating group) is 1. The van der Waals surface area contributed by atoms with Gasteiger partial charge in [0.2, 0.25) is 0 Å². The van der Waals surface area contributed by atoms with E-state index in [1.165, 1.54) is 38.5 Å². The lowest BCUT2D eigenvalue weighted by Crippen LogP contribution is -2.41. The van der Waals surface area contributed by atoms with Crippen molar-refractivity contribution < 1.29 is 4.74 Å². The van der Waals surface area contributed by atoms with E-state index in [0.29, 0.717) is 18.2 Å². The van der Waals surface area contributed by atoms with Gasteiger partial charge in [-0.2, -0.15) is 0 Å². The minimum Gasteiger partial charge on any atom is -0.373 e. The first kappa shape index (κ1) is 15.0. The van der Waals surface area contributed by atoms with Crippen molar-refractivity contribution in [3.8, 4) is 0 Å². The monoisotopic (exact) mass is 241 g/mol. The van der Waals surface area contributed by atoms with Gasteiger partial charge in [0.05, 0.1) is 12.2 Å². The number of ether oxygens (including phenoxy) is 1. The van der Waals surface area contributed by atoms with Crippen LogP contribution in [0.5, 0.6) is 0 Å². The van der Waals surface area contributed by atoms with Crippen molar-refractivity contribution in [3.63, 3.8) is 0 Å². The van der Waals surface area contributed by atoms with Gasteiger partial charge >= 0.3 is 0 Å². The molecule has 0 amide bonds. The Balaban J connectivity index is 2.43. The van der Waals surface area contributed by atoms with E-state index in [0.717, 1.165) is 12.3 Å². The highest BCUT2D eigenvalue weighted by Crippen LogP contribution is 2.27. The van der Waals surface area contributed by atoms with E-state index in [9.17, 15) is 0 Å². The molecule has 0 saturated heterocycles. The molecule has 0 aromatic carbocycles. The van der Waals surface area contributed by atoms with Gasteiger partial charge in [-0.25, -0.2) is 0 Å². The number of rotatable bonds is 7. The maximum atomic E-state index is 6.35. The van der Waals surface area contributed by atoms with Crippen molar-refractivity contribution in [2.75, 3.05) is 7.05 Å². The Kier molecular flexibility index (Phi) is 7.14. The van der Waals surface area contributed by atoms with Crippen LogP contribution in [0.3, 0.4) is 0 Å². The molecule has 1 N–H and O–H groups in total. The maximum Gasteiger partial charge on any atom is 0.0729 e. The van der Waals surface area contributed by atoms with Crippen LogP contribution in [0.15, 0.2) is 0 Å². The Hall–Kier alpha value is -0.0800. The van der Waals surface area contributed by atoms with E-state index in [1.54, 1.807) is 0 Å². The highest BCUT2D eigenvalue weighted by molar-refractivity contribution is 4.78. The van der Waals surface area contributed by atoms with Crippen LogP contribution in [0, 0.1) is 5.92 Å². The average Bonchev–Trinajstić information content (AvgIpc) is 2.33. The molecule has 1 rings (SSSR count). The number of hydrogen-bond acceptors (Lipinski definition) is 2. The first-order chi connectivity index (χ1) is 8.21. The fourth-order valence-electron chi connectivity index (χ4n) is 3.05. The summed E-state index contributed by atoms with van der Waals surface area (Å²) in [6, 6.07) is 0.530. The molecule has 17 heavy (non-hydrogen) atoms. The van der Waals surface area contributed by atoms with Crippen molar-refractivity contribution in [2.24, 2.45) is 5.92 Å². The lowest BCUT2D eigenvalue weighted by molar-refractivity contribution is -0.0561. The summed E-state index contributed by atoms with van der Waals surface area (Å²) in [5, 5.41) is 3.43. The van der Waals surface area contributed by atoms with Crippen molar-refractivity contribution in [1.29, 1.82) is 0 Å². The van der Waals surface area contributed by atoms with E-state index in [4.69, 9.17) is 4.74 Å². The molecule has 102 valence electrons. The van der Waals surface area contributed by atoms with Crippen LogP contribution in [-0.4, -0.2) is 25.3 Å². The van der Waals surface area contributed by atoms with Crippen molar-refractivity contribution in [1.82, 2.24) is 5.32 Å². The average molecular weight is 241 g/mol. The lowest BCUT2D eigenvalue weighted by Gasteiger charge is -2.33. The van der Waals surface area contributed by atoms with E-state index in [2.05, 4.69) is 33.1 Å². The molecule has 0 aliphatic heterocycles. The second-order valence-electron chi connectivity index (χ2n) is 5.66. The van der Waals surface area contributed by atoms with E-state index in [1.807, 2.05) is 0 Å². The number of nitrogens with one attached hydrogen (secondary N) is 1. The second-order valence-corrected chi connectivity index (χ2v) is 5.66. The highest BCUT2D eigenvalue weighted by Gasteiger charge is 2.25. The van der Waals surface area contributed by atoms with Crippen LogP contribution in [0.1, 0.15) is 65.7 Å². The van der Waals surface area contributed by atoms with E-state index < -0.39 is 0 Å². The van der Waals surface area contributed by atoms with Gasteiger partial charge in [-0.1, -0.05) is 40.0 Å². The molecule has 2 heteroatoms. The first-order valence-corrected chi connectivity index (χ1v) is 7.53. The Labute approximate surface area is 108 Å². The Morgan fingerprint density at radius 1 is 1.29 bits per heavy atom. The molecule has 1 aliphatic carbocycles. The zero-order valence-corrected chi connectivity index (χ0v) is 12.2. The standard InChI is InChI=1S/C15H31NO/c1-5-8-14(16-4)15(6-2)17-13-10-7-9-12(3)11-13/h12-16H,5-11H2,1-4H3. The summed E-state index contributed by atoms with van der Waals surface area (Å²) in [6.07, 6.45) is 9.75. The summed E-state index contributed by atoms with van der Waals surface area (Å²) in [7, 11) is 2.07. The summed E-state index contributed by atoms with van der Waals surface area (Å²) < 4.78 is 6.35. The van der Waals surface area contributed by atoms with Crippen LogP contribution in [0.25, 0.3) is 0 Å². The predicted octanol–water partition coefficient (Wildman–Crippen LogP) is 3.75. The normalized spacial score (nSPS) is 28.9. The van der Waals surface area contributed by atoms with Gasteiger partial charge in [-0.3, -0.25) is 0 Å². The van der Waals surface area contributed by atoms with Crippen LogP contribution in [-0.2, 0) is 4.74 Å². The molecule has 4 atom stereocenters. The third-order valence-electron chi connectivity index (χ3n) is 4.08. The molecule has 1 aliphatic rings. The van der Waals surface area contributed by atoms with Gasteiger partial charge in [0, 0.05) is 6.04 Å². The molecule has 0 radical (unpaired) electrons. The molecule has 0 aromatic rings. The van der Waals surface area contributed by atoms with Gasteiger partial charge in [-0.15, -0.1) is 0 Å². The van der Waals surface area contributed by atoms with Gasteiger partial charge in [0.15, 0.2) is 0 Å². The third-order valence-corrected chi connectivity index (χ3v) is 4.08. The van der Waals surface area contributed by atoms with Gasteiger partial charge < -0.3 is 10.1 Å². The number of hydrogen-bond donors (Lipinski definition) is 1. The second kappa shape index (κ2) is 8.10. The molecular formula is C15H31NO. The van der Waals surface area contributed by atoms with E-state index in [-0.39, 0.29) is 0 Å². The Morgan fingerprint density at radius 3 is 2.59 bits per heavy atom. The zero-order valence-electron chi connectivity index (χ0n) is 12.2. The summed E-state index contributed by atoms with van der Waals surface area (Å²) in [5.41, 5.74) is 0. The fraction of sp³-hybridized carbons (Fsp3) is 1.00. The molecular weight excluding hydrogens is 210 g/mol. The quantitative estimate of drug-likeness (QED) is 0.733. The fourth-order valence-corrected chi connectivity index (χ4v) is 3.05. The van der Waals surface area contributed by atoms with Crippen LogP contribution >= 0.6 is 0 Å². The molecule has 0 bridgehead atoms. The van der Waals surface area contributed by atoms with Crippen LogP contribution in [0.4, 0.5) is 0 Å². The van der Waals surface area contributed by atoms with Crippen LogP contribution < -0.4 is 5.32 Å². The lowest BCUT2D eigenvalue weighted by atomic mass is 9.88. The van der Waals surface area contributed by atoms with E-state index >= 15 is 0 Å². The predicted molar refractivity (Wildman–Crippen MR) is 74.3 cm³/mol. The van der Waals surface area contributed by atoms with Crippen LogP contribution in [0.2, 0.25) is 0 Å². The van der Waals surface area contributed by atoms with Crippen molar-refractivity contribution in [2.45, 2.75) is 84.0 Å². The van der Waals surface area contributed by atoms with Gasteiger partial charge in [0.1, 0.15) is 0 Å². The minimum absolute atomic E-state index is 0.398. The summed E-state index contributed by atoms with van der Waals surface area (Å²) >= 11 is 0. The first-order valence-electron chi connectivity index (χ1n) is 7.53. The van der Waals surface area contributed by atoms with Crippen molar-refractivity contribution >= 4 is 0 Å². The molecule has 0 heterocycles. The SMILES string of the molecule is CCCC(NC)C(CC)OC1CCCC(C)C1.